The molecule has 1 aliphatic heterocycles. The molecule has 1 amide bonds. The average Bonchev–Trinajstić information content (AvgIpc) is 3.31. The van der Waals surface area contributed by atoms with Gasteiger partial charge in [0, 0.05) is 57.7 Å². The van der Waals surface area contributed by atoms with Gasteiger partial charge in [-0.25, -0.2) is 0 Å². The lowest BCUT2D eigenvalue weighted by molar-refractivity contribution is 0.0628. The van der Waals surface area contributed by atoms with E-state index in [0.717, 1.165) is 37.9 Å². The fourth-order valence-corrected chi connectivity index (χ4v) is 3.02. The van der Waals surface area contributed by atoms with E-state index in [4.69, 9.17) is 5.73 Å². The number of carbonyl (C=O) groups excluding carboxylic acids is 1. The fraction of sp³-hybridized carbons (Fsp3) is 0.562. The van der Waals surface area contributed by atoms with Gasteiger partial charge in [0.2, 0.25) is 0 Å². The van der Waals surface area contributed by atoms with E-state index in [0.29, 0.717) is 11.3 Å². The first-order valence-electron chi connectivity index (χ1n) is 7.66. The lowest BCUT2D eigenvalue weighted by Gasteiger charge is -2.35. The topological polar surface area (TPSA) is 52.8 Å². The first-order valence-corrected chi connectivity index (χ1v) is 7.66. The van der Waals surface area contributed by atoms with Crippen molar-refractivity contribution in [1.82, 2.24) is 9.80 Å². The van der Waals surface area contributed by atoms with Gasteiger partial charge in [0.05, 0.1) is 5.56 Å². The molecular weight excluding hydrogens is 264 g/mol. The number of amides is 1. The molecule has 1 aromatic rings. The van der Waals surface area contributed by atoms with Crippen molar-refractivity contribution < 1.29 is 4.79 Å². The summed E-state index contributed by atoms with van der Waals surface area (Å²) in [5.74, 6) is 0.0986. The first kappa shape index (κ1) is 14.2. The highest BCUT2D eigenvalue weighted by atomic mass is 16.2. The van der Waals surface area contributed by atoms with Gasteiger partial charge in [0.1, 0.15) is 0 Å². The number of piperazine rings is 1. The summed E-state index contributed by atoms with van der Waals surface area (Å²) < 4.78 is 0. The molecule has 1 aliphatic carbocycles. The third-order valence-electron chi connectivity index (χ3n) is 4.40. The standard InChI is InChI=1S/C16H24N4O/c1-18(2)15-6-3-12(17)11-14(15)16(21)20-9-7-19(8-10-20)13-4-5-13/h3,6,11,13H,4-5,7-10,17H2,1-2H3. The number of nitrogens with zero attached hydrogens (tertiary/aromatic N) is 3. The average molecular weight is 288 g/mol. The summed E-state index contributed by atoms with van der Waals surface area (Å²) in [6, 6.07) is 6.34. The Morgan fingerprint density at radius 1 is 1.19 bits per heavy atom. The Balaban J connectivity index is 1.74. The summed E-state index contributed by atoms with van der Waals surface area (Å²) in [6.45, 7) is 3.63. The van der Waals surface area contributed by atoms with E-state index < -0.39 is 0 Å². The molecule has 1 aromatic carbocycles. The molecule has 1 saturated heterocycles. The Morgan fingerprint density at radius 3 is 2.43 bits per heavy atom. The minimum atomic E-state index is 0.0986. The maximum absolute atomic E-state index is 12.8. The summed E-state index contributed by atoms with van der Waals surface area (Å²) in [7, 11) is 3.90. The van der Waals surface area contributed by atoms with Crippen molar-refractivity contribution in [2.45, 2.75) is 18.9 Å². The van der Waals surface area contributed by atoms with E-state index in [1.54, 1.807) is 6.07 Å². The van der Waals surface area contributed by atoms with Crippen molar-refractivity contribution >= 4 is 17.3 Å². The molecule has 2 fully saturated rings. The largest absolute Gasteiger partial charge is 0.399 e. The van der Waals surface area contributed by atoms with Crippen molar-refractivity contribution in [3.8, 4) is 0 Å². The Morgan fingerprint density at radius 2 is 1.86 bits per heavy atom. The number of benzene rings is 1. The number of nitrogen functional groups attached to an aromatic ring is 1. The fourth-order valence-electron chi connectivity index (χ4n) is 3.02. The second-order valence-corrected chi connectivity index (χ2v) is 6.23. The van der Waals surface area contributed by atoms with Crippen molar-refractivity contribution in [3.63, 3.8) is 0 Å². The molecule has 21 heavy (non-hydrogen) atoms. The van der Waals surface area contributed by atoms with Crippen LogP contribution in [-0.4, -0.2) is 62.0 Å². The van der Waals surface area contributed by atoms with Crippen LogP contribution in [0.5, 0.6) is 0 Å². The summed E-state index contributed by atoms with van der Waals surface area (Å²) >= 11 is 0. The zero-order valence-corrected chi connectivity index (χ0v) is 12.9. The van der Waals surface area contributed by atoms with Crippen LogP contribution < -0.4 is 10.6 Å². The molecule has 0 radical (unpaired) electrons. The highest BCUT2D eigenvalue weighted by Gasteiger charge is 2.32. The highest BCUT2D eigenvalue weighted by molar-refractivity contribution is 6.00. The van der Waals surface area contributed by atoms with Crippen LogP contribution in [0.2, 0.25) is 0 Å². The van der Waals surface area contributed by atoms with Crippen molar-refractivity contribution in [1.29, 1.82) is 0 Å². The summed E-state index contributed by atoms with van der Waals surface area (Å²) in [5, 5.41) is 0. The number of rotatable bonds is 3. The molecule has 2 aliphatic rings. The predicted molar refractivity (Wildman–Crippen MR) is 85.7 cm³/mol. The van der Waals surface area contributed by atoms with Gasteiger partial charge in [0.25, 0.3) is 5.91 Å². The monoisotopic (exact) mass is 288 g/mol. The van der Waals surface area contributed by atoms with E-state index in [2.05, 4.69) is 4.90 Å². The highest BCUT2D eigenvalue weighted by Crippen LogP contribution is 2.28. The normalized spacial score (nSPS) is 19.6. The molecule has 114 valence electrons. The quantitative estimate of drug-likeness (QED) is 0.851. The third kappa shape index (κ3) is 2.97. The van der Waals surface area contributed by atoms with Gasteiger partial charge in [-0.15, -0.1) is 0 Å². The van der Waals surface area contributed by atoms with Crippen molar-refractivity contribution in [3.05, 3.63) is 23.8 Å². The van der Waals surface area contributed by atoms with E-state index in [1.165, 1.54) is 12.8 Å². The lowest BCUT2D eigenvalue weighted by Crippen LogP contribution is -2.49. The molecule has 2 N–H and O–H groups in total. The SMILES string of the molecule is CN(C)c1ccc(N)cc1C(=O)N1CCN(C2CC2)CC1. The van der Waals surface area contributed by atoms with Gasteiger partial charge in [0.15, 0.2) is 0 Å². The maximum Gasteiger partial charge on any atom is 0.256 e. The molecule has 5 nitrogen and oxygen atoms in total. The summed E-state index contributed by atoms with van der Waals surface area (Å²) in [6.07, 6.45) is 2.65. The van der Waals surface area contributed by atoms with E-state index in [1.807, 2.05) is 36.0 Å². The number of hydrogen-bond donors (Lipinski definition) is 1. The predicted octanol–water partition coefficient (Wildman–Crippen LogP) is 1.25. The van der Waals surface area contributed by atoms with Crippen LogP contribution in [0.1, 0.15) is 23.2 Å². The smallest absolute Gasteiger partial charge is 0.256 e. The molecule has 0 aromatic heterocycles. The van der Waals surface area contributed by atoms with Crippen LogP contribution in [0.15, 0.2) is 18.2 Å². The first-order chi connectivity index (χ1) is 10.1. The molecule has 1 heterocycles. The second kappa shape index (κ2) is 5.56. The molecule has 0 bridgehead atoms. The van der Waals surface area contributed by atoms with Gasteiger partial charge in [-0.1, -0.05) is 0 Å². The zero-order chi connectivity index (χ0) is 15.0. The van der Waals surface area contributed by atoms with Crippen LogP contribution in [0, 0.1) is 0 Å². The molecular formula is C16H24N4O. The van der Waals surface area contributed by atoms with Crippen LogP contribution in [0.3, 0.4) is 0 Å². The Labute approximate surface area is 126 Å². The second-order valence-electron chi connectivity index (χ2n) is 6.23. The number of nitrogens with two attached hydrogens (primary N) is 1. The van der Waals surface area contributed by atoms with Crippen molar-refractivity contribution in [2.75, 3.05) is 50.9 Å². The maximum atomic E-state index is 12.8. The third-order valence-corrected chi connectivity index (χ3v) is 4.40. The Hall–Kier alpha value is -1.75. The molecule has 0 spiro atoms. The van der Waals surface area contributed by atoms with Gasteiger partial charge >= 0.3 is 0 Å². The Bertz CT molecular complexity index is 531. The summed E-state index contributed by atoms with van der Waals surface area (Å²) in [5.41, 5.74) is 8.14. The van der Waals surface area contributed by atoms with Crippen LogP contribution in [-0.2, 0) is 0 Å². The molecule has 3 rings (SSSR count). The molecule has 1 saturated carbocycles. The van der Waals surface area contributed by atoms with Gasteiger partial charge in [-0.05, 0) is 31.0 Å². The van der Waals surface area contributed by atoms with Gasteiger partial charge in [-0.3, -0.25) is 9.69 Å². The number of carbonyl (C=O) groups is 1. The zero-order valence-electron chi connectivity index (χ0n) is 12.9. The van der Waals surface area contributed by atoms with E-state index in [-0.39, 0.29) is 5.91 Å². The van der Waals surface area contributed by atoms with Gasteiger partial charge < -0.3 is 15.5 Å². The summed E-state index contributed by atoms with van der Waals surface area (Å²) in [4.78, 5) is 19.2. The van der Waals surface area contributed by atoms with Crippen molar-refractivity contribution in [2.24, 2.45) is 0 Å². The molecule has 0 unspecified atom stereocenters. The van der Waals surface area contributed by atoms with E-state index >= 15 is 0 Å². The Kier molecular flexibility index (Phi) is 3.76. The lowest BCUT2D eigenvalue weighted by atomic mass is 10.1. The van der Waals surface area contributed by atoms with Crippen LogP contribution in [0.25, 0.3) is 0 Å². The minimum Gasteiger partial charge on any atom is -0.399 e. The van der Waals surface area contributed by atoms with Gasteiger partial charge in [-0.2, -0.15) is 0 Å². The van der Waals surface area contributed by atoms with Crippen LogP contribution in [0.4, 0.5) is 11.4 Å². The molecule has 0 atom stereocenters. The number of hydrogen-bond acceptors (Lipinski definition) is 4. The minimum absolute atomic E-state index is 0.0986. The van der Waals surface area contributed by atoms with Crippen LogP contribution >= 0.6 is 0 Å². The van der Waals surface area contributed by atoms with E-state index in [9.17, 15) is 4.79 Å². The molecule has 5 heteroatoms. The number of anilines is 2.